The van der Waals surface area contributed by atoms with Crippen molar-refractivity contribution in [2.75, 3.05) is 33.9 Å². The highest BCUT2D eigenvalue weighted by Crippen LogP contribution is 2.11. The zero-order valence-electron chi connectivity index (χ0n) is 14.4. The van der Waals surface area contributed by atoms with Gasteiger partial charge in [0.05, 0.1) is 6.61 Å². The zero-order valence-corrected chi connectivity index (χ0v) is 16.8. The third-order valence-corrected chi connectivity index (χ3v) is 3.24. The lowest BCUT2D eigenvalue weighted by molar-refractivity contribution is 0.146. The first kappa shape index (κ1) is 22.0. The predicted molar refractivity (Wildman–Crippen MR) is 107 cm³/mol. The van der Waals surface area contributed by atoms with Crippen molar-refractivity contribution in [2.45, 2.75) is 32.7 Å². The van der Waals surface area contributed by atoms with Crippen molar-refractivity contribution >= 4 is 29.9 Å². The van der Waals surface area contributed by atoms with Gasteiger partial charge in [0.15, 0.2) is 5.96 Å². The highest BCUT2D eigenvalue weighted by Gasteiger charge is 1.99. The van der Waals surface area contributed by atoms with Gasteiger partial charge in [0.2, 0.25) is 0 Å². The number of benzene rings is 1. The average Bonchev–Trinajstić information content (AvgIpc) is 2.56. The Hall–Kier alpha value is -1.02. The van der Waals surface area contributed by atoms with E-state index >= 15 is 0 Å². The van der Waals surface area contributed by atoms with Crippen LogP contribution in [0, 0.1) is 0 Å². The van der Waals surface area contributed by atoms with Crippen LogP contribution in [0.4, 0.5) is 0 Å². The van der Waals surface area contributed by atoms with Gasteiger partial charge >= 0.3 is 0 Å². The maximum Gasteiger partial charge on any atom is 0.191 e. The summed E-state index contributed by atoms with van der Waals surface area (Å²) in [7, 11) is 3.46. The van der Waals surface area contributed by atoms with Crippen LogP contribution in [-0.4, -0.2) is 39.9 Å². The van der Waals surface area contributed by atoms with E-state index in [-0.39, 0.29) is 24.0 Å². The summed E-state index contributed by atoms with van der Waals surface area (Å²) < 4.78 is 10.5. The van der Waals surface area contributed by atoms with Gasteiger partial charge in [-0.15, -0.1) is 24.0 Å². The summed E-state index contributed by atoms with van der Waals surface area (Å²) in [5.41, 5.74) is 1.19. The van der Waals surface area contributed by atoms with Crippen LogP contribution in [0.3, 0.4) is 0 Å². The van der Waals surface area contributed by atoms with Crippen molar-refractivity contribution in [3.63, 3.8) is 0 Å². The smallest absolute Gasteiger partial charge is 0.191 e. The molecule has 0 spiro atoms. The van der Waals surface area contributed by atoms with Crippen molar-refractivity contribution in [1.29, 1.82) is 0 Å². The number of nitrogens with one attached hydrogen (secondary N) is 2. The molecule has 0 aliphatic rings. The van der Waals surface area contributed by atoms with Crippen molar-refractivity contribution in [2.24, 2.45) is 4.99 Å². The first-order valence-electron chi connectivity index (χ1n) is 7.95. The molecule has 1 aromatic rings. The summed E-state index contributed by atoms with van der Waals surface area (Å²) in [4.78, 5) is 4.22. The van der Waals surface area contributed by atoms with Crippen molar-refractivity contribution in [1.82, 2.24) is 10.6 Å². The number of hydrogen-bond donors (Lipinski definition) is 2. The van der Waals surface area contributed by atoms with Gasteiger partial charge < -0.3 is 20.1 Å². The Morgan fingerprint density at radius 2 is 1.83 bits per heavy atom. The van der Waals surface area contributed by atoms with E-state index in [1.54, 1.807) is 14.2 Å². The molecule has 2 N–H and O–H groups in total. The van der Waals surface area contributed by atoms with Crippen LogP contribution >= 0.6 is 24.0 Å². The standard InChI is InChI=1S/C17H29N3O2.HI/c1-4-5-6-11-19-17(18-2)20-14-15-7-9-16(10-8-15)22-13-12-21-3;/h7-10H,4-6,11-14H2,1-3H3,(H2,18,19,20);1H. The molecule has 6 heteroatoms. The van der Waals surface area contributed by atoms with E-state index in [0.29, 0.717) is 13.2 Å². The molecule has 0 aliphatic heterocycles. The summed E-state index contributed by atoms with van der Waals surface area (Å²) in [5, 5.41) is 6.63. The van der Waals surface area contributed by atoms with E-state index < -0.39 is 0 Å². The van der Waals surface area contributed by atoms with Crippen LogP contribution in [0.15, 0.2) is 29.3 Å². The normalized spacial score (nSPS) is 10.8. The van der Waals surface area contributed by atoms with Crippen LogP contribution < -0.4 is 15.4 Å². The number of guanidine groups is 1. The summed E-state index contributed by atoms with van der Waals surface area (Å²) in [5.74, 6) is 1.71. The van der Waals surface area contributed by atoms with Crippen LogP contribution in [0.25, 0.3) is 0 Å². The maximum atomic E-state index is 5.54. The number of unbranched alkanes of at least 4 members (excludes halogenated alkanes) is 2. The van der Waals surface area contributed by atoms with Gasteiger partial charge in [0.1, 0.15) is 12.4 Å². The van der Waals surface area contributed by atoms with E-state index in [9.17, 15) is 0 Å². The molecule has 0 unspecified atom stereocenters. The minimum atomic E-state index is 0. The Kier molecular flexibility index (Phi) is 13.9. The molecule has 0 fully saturated rings. The molecule has 132 valence electrons. The number of halogens is 1. The molecule has 0 bridgehead atoms. The fourth-order valence-corrected chi connectivity index (χ4v) is 1.93. The molecule has 0 aromatic heterocycles. The Balaban J connectivity index is 0.00000484. The fourth-order valence-electron chi connectivity index (χ4n) is 1.93. The largest absolute Gasteiger partial charge is 0.491 e. The molecule has 0 atom stereocenters. The predicted octanol–water partition coefficient (Wildman–Crippen LogP) is 3.19. The number of nitrogens with zero attached hydrogens (tertiary/aromatic N) is 1. The van der Waals surface area contributed by atoms with Crippen molar-refractivity contribution < 1.29 is 9.47 Å². The Labute approximate surface area is 157 Å². The molecule has 0 saturated heterocycles. The summed E-state index contributed by atoms with van der Waals surface area (Å²) in [6.45, 7) is 5.08. The fraction of sp³-hybridized carbons (Fsp3) is 0.588. The van der Waals surface area contributed by atoms with Gasteiger partial charge in [-0.3, -0.25) is 4.99 Å². The van der Waals surface area contributed by atoms with E-state index in [1.165, 1.54) is 24.8 Å². The lowest BCUT2D eigenvalue weighted by atomic mass is 10.2. The molecule has 0 heterocycles. The molecule has 1 rings (SSSR count). The summed E-state index contributed by atoms with van der Waals surface area (Å²) >= 11 is 0. The Morgan fingerprint density at radius 1 is 1.09 bits per heavy atom. The zero-order chi connectivity index (χ0) is 16.0. The third kappa shape index (κ3) is 10.4. The molecule has 0 amide bonds. The van der Waals surface area contributed by atoms with E-state index in [1.807, 2.05) is 12.1 Å². The minimum Gasteiger partial charge on any atom is -0.491 e. The van der Waals surface area contributed by atoms with E-state index in [4.69, 9.17) is 9.47 Å². The molecule has 0 saturated carbocycles. The maximum absolute atomic E-state index is 5.54. The van der Waals surface area contributed by atoms with Crippen LogP contribution in [0.2, 0.25) is 0 Å². The van der Waals surface area contributed by atoms with Gasteiger partial charge in [-0.05, 0) is 24.1 Å². The molecule has 0 radical (unpaired) electrons. The lowest BCUT2D eigenvalue weighted by Gasteiger charge is -2.12. The quantitative estimate of drug-likeness (QED) is 0.257. The van der Waals surface area contributed by atoms with Gasteiger partial charge in [-0.1, -0.05) is 31.9 Å². The van der Waals surface area contributed by atoms with Crippen LogP contribution in [-0.2, 0) is 11.3 Å². The van der Waals surface area contributed by atoms with Gasteiger partial charge in [0.25, 0.3) is 0 Å². The highest BCUT2D eigenvalue weighted by atomic mass is 127. The SMILES string of the molecule is CCCCCNC(=NC)NCc1ccc(OCCOC)cc1.I. The van der Waals surface area contributed by atoms with Crippen molar-refractivity contribution in [3.8, 4) is 5.75 Å². The van der Waals surface area contributed by atoms with E-state index in [0.717, 1.165) is 24.8 Å². The summed E-state index contributed by atoms with van der Waals surface area (Å²) in [6.07, 6.45) is 3.64. The molecule has 23 heavy (non-hydrogen) atoms. The number of aliphatic imine (C=N–C) groups is 1. The number of methoxy groups -OCH3 is 1. The number of hydrogen-bond acceptors (Lipinski definition) is 3. The molecular weight excluding hydrogens is 405 g/mol. The van der Waals surface area contributed by atoms with Gasteiger partial charge in [-0.25, -0.2) is 0 Å². The second kappa shape index (κ2) is 14.6. The van der Waals surface area contributed by atoms with E-state index in [2.05, 4.69) is 34.7 Å². The Morgan fingerprint density at radius 3 is 2.43 bits per heavy atom. The monoisotopic (exact) mass is 435 g/mol. The highest BCUT2D eigenvalue weighted by molar-refractivity contribution is 14.0. The van der Waals surface area contributed by atoms with Crippen molar-refractivity contribution in [3.05, 3.63) is 29.8 Å². The molecule has 0 aliphatic carbocycles. The summed E-state index contributed by atoms with van der Waals surface area (Å²) in [6, 6.07) is 8.06. The first-order chi connectivity index (χ1) is 10.8. The number of ether oxygens (including phenoxy) is 2. The molecule has 5 nitrogen and oxygen atoms in total. The van der Waals surface area contributed by atoms with Gasteiger partial charge in [0, 0.05) is 27.2 Å². The minimum absolute atomic E-state index is 0. The Bertz CT molecular complexity index is 424. The second-order valence-corrected chi connectivity index (χ2v) is 5.04. The topological polar surface area (TPSA) is 54.9 Å². The first-order valence-corrected chi connectivity index (χ1v) is 7.95. The molecular formula is C17H30IN3O2. The lowest BCUT2D eigenvalue weighted by Crippen LogP contribution is -2.37. The second-order valence-electron chi connectivity index (χ2n) is 5.04. The van der Waals surface area contributed by atoms with Crippen LogP contribution in [0.5, 0.6) is 5.75 Å². The van der Waals surface area contributed by atoms with Gasteiger partial charge in [-0.2, -0.15) is 0 Å². The number of rotatable bonds is 10. The average molecular weight is 435 g/mol. The van der Waals surface area contributed by atoms with Crippen LogP contribution in [0.1, 0.15) is 31.7 Å². The molecule has 1 aromatic carbocycles. The third-order valence-electron chi connectivity index (χ3n) is 3.24.